The Labute approximate surface area is 98.3 Å². The van der Waals surface area contributed by atoms with E-state index in [0.29, 0.717) is 5.02 Å². The number of fused-ring (bicyclic) bond motifs is 2. The number of hydrogen-bond donors (Lipinski definition) is 1. The molecule has 2 nitrogen and oxygen atoms in total. The van der Waals surface area contributed by atoms with E-state index in [2.05, 4.69) is 4.98 Å². The average Bonchev–Trinajstić information content (AvgIpc) is 2.70. The largest absolute Gasteiger partial charge is 0.358 e. The Hall–Kier alpha value is -1.28. The first-order valence-electron chi connectivity index (χ1n) is 5.50. The lowest BCUT2D eigenvalue weighted by atomic mass is 10.1. The van der Waals surface area contributed by atoms with Crippen LogP contribution in [0.1, 0.15) is 23.2 Å². The highest BCUT2D eigenvalue weighted by Crippen LogP contribution is 2.24. The minimum absolute atomic E-state index is 0.181. The van der Waals surface area contributed by atoms with Crippen molar-refractivity contribution in [2.24, 2.45) is 0 Å². The summed E-state index contributed by atoms with van der Waals surface area (Å²) in [6, 6.07) is 3.74. The van der Waals surface area contributed by atoms with Crippen molar-refractivity contribution in [3.63, 3.8) is 0 Å². The van der Waals surface area contributed by atoms with Gasteiger partial charge < -0.3 is 4.98 Å². The summed E-state index contributed by atoms with van der Waals surface area (Å²) in [5.41, 5.74) is 4.06. The van der Waals surface area contributed by atoms with Gasteiger partial charge in [-0.2, -0.15) is 0 Å². The van der Waals surface area contributed by atoms with E-state index in [1.807, 2.05) is 19.1 Å². The SMILES string of the molecule is Cc1cc2c(=O)c3c([nH]c2cc1Cl)CCC3. The molecule has 0 saturated heterocycles. The molecule has 0 fully saturated rings. The van der Waals surface area contributed by atoms with E-state index in [9.17, 15) is 4.79 Å². The van der Waals surface area contributed by atoms with Gasteiger partial charge in [-0.05, 0) is 43.9 Å². The average molecular weight is 234 g/mol. The zero-order valence-corrected chi connectivity index (χ0v) is 9.82. The molecule has 1 N–H and O–H groups in total. The third-order valence-electron chi connectivity index (χ3n) is 3.32. The third-order valence-corrected chi connectivity index (χ3v) is 3.73. The number of aromatic amines is 1. The van der Waals surface area contributed by atoms with Gasteiger partial charge in [-0.15, -0.1) is 0 Å². The van der Waals surface area contributed by atoms with Crippen LogP contribution in [0.25, 0.3) is 10.9 Å². The van der Waals surface area contributed by atoms with Gasteiger partial charge in [-0.3, -0.25) is 4.79 Å². The highest BCUT2D eigenvalue weighted by molar-refractivity contribution is 6.32. The lowest BCUT2D eigenvalue weighted by Gasteiger charge is -2.06. The fourth-order valence-corrected chi connectivity index (χ4v) is 2.59. The molecule has 3 rings (SSSR count). The van der Waals surface area contributed by atoms with Crippen LogP contribution in [0.5, 0.6) is 0 Å². The van der Waals surface area contributed by atoms with Crippen molar-refractivity contribution >= 4 is 22.5 Å². The Bertz CT molecular complexity index is 642. The van der Waals surface area contributed by atoms with Crippen molar-refractivity contribution in [1.82, 2.24) is 4.98 Å². The van der Waals surface area contributed by atoms with Gasteiger partial charge in [0.25, 0.3) is 0 Å². The molecule has 1 heterocycles. The van der Waals surface area contributed by atoms with E-state index in [1.54, 1.807) is 0 Å². The van der Waals surface area contributed by atoms with Crippen LogP contribution in [0.4, 0.5) is 0 Å². The predicted octanol–water partition coefficient (Wildman–Crippen LogP) is 2.98. The van der Waals surface area contributed by atoms with Crippen molar-refractivity contribution < 1.29 is 0 Å². The molecule has 0 saturated carbocycles. The number of rotatable bonds is 0. The summed E-state index contributed by atoms with van der Waals surface area (Å²) >= 11 is 6.07. The maximum atomic E-state index is 12.2. The van der Waals surface area contributed by atoms with Crippen LogP contribution in [0.2, 0.25) is 5.02 Å². The Morgan fingerprint density at radius 3 is 2.94 bits per heavy atom. The third kappa shape index (κ3) is 1.30. The second-order valence-electron chi connectivity index (χ2n) is 4.41. The number of hydrogen-bond acceptors (Lipinski definition) is 1. The normalized spacial score (nSPS) is 14.4. The van der Waals surface area contributed by atoms with E-state index in [4.69, 9.17) is 11.6 Å². The highest BCUT2D eigenvalue weighted by Gasteiger charge is 2.17. The Balaban J connectivity index is 2.46. The second kappa shape index (κ2) is 3.36. The van der Waals surface area contributed by atoms with E-state index >= 15 is 0 Å². The molecule has 0 amide bonds. The molecule has 3 heteroatoms. The summed E-state index contributed by atoms with van der Waals surface area (Å²) in [6.45, 7) is 1.93. The molecule has 1 aromatic carbocycles. The minimum Gasteiger partial charge on any atom is -0.358 e. The summed E-state index contributed by atoms with van der Waals surface area (Å²) in [7, 11) is 0. The predicted molar refractivity (Wildman–Crippen MR) is 66.3 cm³/mol. The van der Waals surface area contributed by atoms with Gasteiger partial charge >= 0.3 is 0 Å². The van der Waals surface area contributed by atoms with Gasteiger partial charge in [0.05, 0.1) is 5.52 Å². The quantitative estimate of drug-likeness (QED) is 0.746. The molecule has 0 radical (unpaired) electrons. The molecule has 1 aliphatic carbocycles. The Kier molecular flexibility index (Phi) is 2.08. The molecule has 0 spiro atoms. The molecule has 0 atom stereocenters. The molecule has 2 aromatic rings. The number of halogens is 1. The molecule has 0 bridgehead atoms. The monoisotopic (exact) mass is 233 g/mol. The summed E-state index contributed by atoms with van der Waals surface area (Å²) < 4.78 is 0. The summed E-state index contributed by atoms with van der Waals surface area (Å²) in [5, 5.41) is 1.48. The van der Waals surface area contributed by atoms with E-state index in [0.717, 1.165) is 47.0 Å². The smallest absolute Gasteiger partial charge is 0.192 e. The maximum absolute atomic E-state index is 12.2. The summed E-state index contributed by atoms with van der Waals surface area (Å²) in [4.78, 5) is 15.6. The summed E-state index contributed by atoms with van der Waals surface area (Å²) in [6.07, 6.45) is 2.96. The van der Waals surface area contributed by atoms with Crippen molar-refractivity contribution in [3.8, 4) is 0 Å². The summed E-state index contributed by atoms with van der Waals surface area (Å²) in [5.74, 6) is 0. The lowest BCUT2D eigenvalue weighted by molar-refractivity contribution is 0.900. The van der Waals surface area contributed by atoms with Crippen LogP contribution in [0.15, 0.2) is 16.9 Å². The molecular formula is C13H12ClNO. The van der Waals surface area contributed by atoms with Crippen LogP contribution < -0.4 is 5.43 Å². The van der Waals surface area contributed by atoms with E-state index in [1.165, 1.54) is 0 Å². The van der Waals surface area contributed by atoms with Crippen LogP contribution in [-0.4, -0.2) is 4.98 Å². The van der Waals surface area contributed by atoms with Crippen molar-refractivity contribution in [3.05, 3.63) is 44.2 Å². The fourth-order valence-electron chi connectivity index (χ4n) is 2.43. The van der Waals surface area contributed by atoms with Gasteiger partial charge in [0.2, 0.25) is 0 Å². The number of pyridine rings is 1. The van der Waals surface area contributed by atoms with Gasteiger partial charge in [-0.1, -0.05) is 11.6 Å². The molecule has 1 aliphatic rings. The number of nitrogens with one attached hydrogen (secondary N) is 1. The Morgan fingerprint density at radius 2 is 2.12 bits per heavy atom. The molecule has 82 valence electrons. The topological polar surface area (TPSA) is 32.9 Å². The van der Waals surface area contributed by atoms with Crippen LogP contribution >= 0.6 is 11.6 Å². The zero-order valence-electron chi connectivity index (χ0n) is 9.06. The van der Waals surface area contributed by atoms with Crippen LogP contribution in [0, 0.1) is 6.92 Å². The molecule has 16 heavy (non-hydrogen) atoms. The van der Waals surface area contributed by atoms with Crippen LogP contribution in [-0.2, 0) is 12.8 Å². The minimum atomic E-state index is 0.181. The number of aromatic nitrogens is 1. The number of benzene rings is 1. The van der Waals surface area contributed by atoms with Crippen molar-refractivity contribution in [2.45, 2.75) is 26.2 Å². The molecular weight excluding hydrogens is 222 g/mol. The highest BCUT2D eigenvalue weighted by atomic mass is 35.5. The van der Waals surface area contributed by atoms with Gasteiger partial charge in [0.15, 0.2) is 5.43 Å². The van der Waals surface area contributed by atoms with Crippen molar-refractivity contribution in [1.29, 1.82) is 0 Å². The van der Waals surface area contributed by atoms with Crippen molar-refractivity contribution in [2.75, 3.05) is 0 Å². The number of H-pyrrole nitrogens is 1. The van der Waals surface area contributed by atoms with Gasteiger partial charge in [0, 0.05) is 21.7 Å². The van der Waals surface area contributed by atoms with E-state index < -0.39 is 0 Å². The second-order valence-corrected chi connectivity index (χ2v) is 4.82. The first kappa shape index (κ1) is 9.91. The van der Waals surface area contributed by atoms with Gasteiger partial charge in [-0.25, -0.2) is 0 Å². The maximum Gasteiger partial charge on any atom is 0.192 e. The zero-order chi connectivity index (χ0) is 11.3. The van der Waals surface area contributed by atoms with Crippen LogP contribution in [0.3, 0.4) is 0 Å². The first-order valence-corrected chi connectivity index (χ1v) is 5.88. The molecule has 0 aliphatic heterocycles. The Morgan fingerprint density at radius 1 is 1.31 bits per heavy atom. The first-order chi connectivity index (χ1) is 7.66. The fraction of sp³-hybridized carbons (Fsp3) is 0.308. The standard InChI is InChI=1S/C13H12ClNO/c1-7-5-9-12(6-10(7)14)15-11-4-2-3-8(11)13(9)16/h5-6H,2-4H2,1H3,(H,15,16). The number of aryl methyl sites for hydroxylation is 2. The molecule has 0 unspecified atom stereocenters. The van der Waals surface area contributed by atoms with E-state index in [-0.39, 0.29) is 5.43 Å². The van der Waals surface area contributed by atoms with Gasteiger partial charge in [0.1, 0.15) is 0 Å². The molecule has 1 aromatic heterocycles. The lowest BCUT2D eigenvalue weighted by Crippen LogP contribution is -2.10.